The van der Waals surface area contributed by atoms with Crippen LogP contribution in [0.25, 0.3) is 0 Å². The summed E-state index contributed by atoms with van der Waals surface area (Å²) in [4.78, 5) is 14.5. The first-order chi connectivity index (χ1) is 15.2. The maximum Gasteiger partial charge on any atom is 0.416 e. The highest BCUT2D eigenvalue weighted by atomic mass is 19.4. The van der Waals surface area contributed by atoms with Gasteiger partial charge in [-0.3, -0.25) is 0 Å². The number of amides is 1. The number of hydrogen-bond acceptors (Lipinski definition) is 4. The van der Waals surface area contributed by atoms with E-state index < -0.39 is 23.4 Å². The van der Waals surface area contributed by atoms with E-state index in [1.807, 2.05) is 30.3 Å². The zero-order valence-corrected chi connectivity index (χ0v) is 17.3. The Hall–Kier alpha value is -3.05. The van der Waals surface area contributed by atoms with Crippen molar-refractivity contribution in [2.75, 3.05) is 0 Å². The smallest absolute Gasteiger partial charge is 0.416 e. The van der Waals surface area contributed by atoms with Crippen LogP contribution in [-0.2, 0) is 23.1 Å². The lowest BCUT2D eigenvalue weighted by molar-refractivity contribution is -0.138. The number of fused-ring (bicyclic) bond motifs is 2. The molecule has 1 amide bonds. The van der Waals surface area contributed by atoms with Crippen LogP contribution < -0.4 is 0 Å². The highest BCUT2D eigenvalue weighted by molar-refractivity contribution is 5.69. The van der Waals surface area contributed by atoms with Gasteiger partial charge in [0.2, 0.25) is 0 Å². The molecule has 0 aliphatic carbocycles. The van der Waals surface area contributed by atoms with Crippen LogP contribution in [0, 0.1) is 11.3 Å². The molecule has 32 heavy (non-hydrogen) atoms. The van der Waals surface area contributed by atoms with Gasteiger partial charge in [0, 0.05) is 24.9 Å². The number of halogens is 3. The molecular formula is C24H23F3N2O3. The number of ether oxygens (including phenoxy) is 1. The monoisotopic (exact) mass is 444 g/mol. The maximum absolute atomic E-state index is 13.3. The van der Waals surface area contributed by atoms with Crippen LogP contribution in [0.2, 0.25) is 0 Å². The zero-order valence-electron chi connectivity index (χ0n) is 17.3. The van der Waals surface area contributed by atoms with E-state index in [1.165, 1.54) is 6.07 Å². The average molecular weight is 444 g/mol. The number of carbonyl (C=O) groups is 1. The summed E-state index contributed by atoms with van der Waals surface area (Å²) in [6.07, 6.45) is -2.80. The minimum absolute atomic E-state index is 0.0677. The molecule has 2 atom stereocenters. The van der Waals surface area contributed by atoms with Gasteiger partial charge < -0.3 is 14.7 Å². The molecule has 0 radical (unpaired) electrons. The largest absolute Gasteiger partial charge is 0.445 e. The summed E-state index contributed by atoms with van der Waals surface area (Å²) in [6, 6.07) is 13.3. The fraction of sp³-hybridized carbons (Fsp3) is 0.417. The van der Waals surface area contributed by atoms with Crippen molar-refractivity contribution in [1.29, 1.82) is 5.26 Å². The van der Waals surface area contributed by atoms with Gasteiger partial charge in [0.25, 0.3) is 0 Å². The minimum Gasteiger partial charge on any atom is -0.445 e. The first-order valence-corrected chi connectivity index (χ1v) is 10.5. The number of aliphatic hydroxyl groups is 1. The molecule has 2 fully saturated rings. The van der Waals surface area contributed by atoms with E-state index >= 15 is 0 Å². The summed E-state index contributed by atoms with van der Waals surface area (Å²) < 4.78 is 45.5. The van der Waals surface area contributed by atoms with Crippen molar-refractivity contribution in [1.82, 2.24) is 4.90 Å². The number of alkyl halides is 3. The summed E-state index contributed by atoms with van der Waals surface area (Å²) in [5, 5.41) is 20.6. The number of nitrogens with zero attached hydrogens (tertiary/aromatic N) is 2. The predicted molar refractivity (Wildman–Crippen MR) is 109 cm³/mol. The van der Waals surface area contributed by atoms with Crippen LogP contribution >= 0.6 is 0 Å². The lowest BCUT2D eigenvalue weighted by Gasteiger charge is -2.51. The molecule has 2 aliphatic heterocycles. The third-order valence-corrected chi connectivity index (χ3v) is 6.35. The SMILES string of the molecule is N#Cc1cc(C(F)(F)F)cc(C2(O)CC3CCCC(C2)N3C(=O)OCc2ccccc2)c1. The third-order valence-electron chi connectivity index (χ3n) is 6.35. The van der Waals surface area contributed by atoms with Crippen LogP contribution in [0.3, 0.4) is 0 Å². The molecule has 2 unspecified atom stereocenters. The standard InChI is InChI=1S/C24H23F3N2O3/c25-24(26,27)19-10-17(14-28)9-18(11-19)23(31)12-20-7-4-8-21(13-23)29(20)22(30)32-15-16-5-2-1-3-6-16/h1-3,5-6,9-11,20-21,31H,4,7-8,12-13,15H2. The number of nitriles is 1. The molecule has 2 saturated heterocycles. The predicted octanol–water partition coefficient (Wildman–Crippen LogP) is 5.12. The van der Waals surface area contributed by atoms with Gasteiger partial charge in [-0.05, 0) is 48.6 Å². The van der Waals surface area contributed by atoms with Gasteiger partial charge in [-0.25, -0.2) is 4.79 Å². The van der Waals surface area contributed by atoms with Gasteiger partial charge in [-0.15, -0.1) is 0 Å². The van der Waals surface area contributed by atoms with Gasteiger partial charge in [-0.2, -0.15) is 18.4 Å². The number of carbonyl (C=O) groups excluding carboxylic acids is 1. The fourth-order valence-corrected chi connectivity index (χ4v) is 4.88. The lowest BCUT2D eigenvalue weighted by Crippen LogP contribution is -2.59. The highest BCUT2D eigenvalue weighted by Crippen LogP contribution is 2.46. The first kappa shape index (κ1) is 22.2. The number of hydrogen-bond donors (Lipinski definition) is 1. The van der Waals surface area contributed by atoms with Gasteiger partial charge in [0.15, 0.2) is 0 Å². The van der Waals surface area contributed by atoms with Crippen LogP contribution in [0.1, 0.15) is 54.4 Å². The topological polar surface area (TPSA) is 73.6 Å². The molecule has 2 heterocycles. The van der Waals surface area contributed by atoms with Crippen LogP contribution in [0.5, 0.6) is 0 Å². The minimum atomic E-state index is -4.63. The van der Waals surface area contributed by atoms with Crippen LogP contribution in [-0.4, -0.2) is 28.2 Å². The van der Waals surface area contributed by atoms with Crippen molar-refractivity contribution in [3.8, 4) is 6.07 Å². The summed E-state index contributed by atoms with van der Waals surface area (Å²) in [7, 11) is 0. The molecule has 8 heteroatoms. The molecular weight excluding hydrogens is 421 g/mol. The Labute approximate surface area is 184 Å². The Morgan fingerprint density at radius 3 is 2.41 bits per heavy atom. The van der Waals surface area contributed by atoms with Crippen molar-refractivity contribution in [2.24, 2.45) is 0 Å². The van der Waals surface area contributed by atoms with Gasteiger partial charge >= 0.3 is 12.3 Å². The second-order valence-corrected chi connectivity index (χ2v) is 8.53. The fourth-order valence-electron chi connectivity index (χ4n) is 4.88. The van der Waals surface area contributed by atoms with E-state index in [9.17, 15) is 28.3 Å². The Morgan fingerprint density at radius 2 is 1.81 bits per heavy atom. The van der Waals surface area contributed by atoms with E-state index in [2.05, 4.69) is 0 Å². The molecule has 2 aliphatic rings. The van der Waals surface area contributed by atoms with E-state index in [-0.39, 0.29) is 42.7 Å². The summed E-state index contributed by atoms with van der Waals surface area (Å²) in [6.45, 7) is 0.124. The molecule has 0 aromatic heterocycles. The average Bonchev–Trinajstić information content (AvgIpc) is 2.76. The summed E-state index contributed by atoms with van der Waals surface area (Å²) in [5.74, 6) is 0. The van der Waals surface area contributed by atoms with E-state index in [0.717, 1.165) is 24.1 Å². The Morgan fingerprint density at radius 1 is 1.16 bits per heavy atom. The van der Waals surface area contributed by atoms with E-state index in [4.69, 9.17) is 4.74 Å². The molecule has 2 bridgehead atoms. The molecule has 1 N–H and O–H groups in total. The second-order valence-electron chi connectivity index (χ2n) is 8.53. The summed E-state index contributed by atoms with van der Waals surface area (Å²) in [5.41, 5.74) is -1.75. The first-order valence-electron chi connectivity index (χ1n) is 10.5. The number of piperidine rings is 2. The maximum atomic E-state index is 13.3. The van der Waals surface area contributed by atoms with Gasteiger partial charge in [-0.1, -0.05) is 30.3 Å². The van der Waals surface area contributed by atoms with Crippen LogP contribution in [0.4, 0.5) is 18.0 Å². The molecule has 2 aromatic carbocycles. The quantitative estimate of drug-likeness (QED) is 0.713. The third kappa shape index (κ3) is 4.44. The van der Waals surface area contributed by atoms with Crippen molar-refractivity contribution >= 4 is 6.09 Å². The molecule has 0 saturated carbocycles. The van der Waals surface area contributed by atoms with Crippen molar-refractivity contribution in [2.45, 2.75) is 62.6 Å². The zero-order chi connectivity index (χ0) is 22.9. The lowest BCUT2D eigenvalue weighted by atomic mass is 9.72. The van der Waals surface area contributed by atoms with Crippen LogP contribution in [0.15, 0.2) is 48.5 Å². The van der Waals surface area contributed by atoms with E-state index in [0.29, 0.717) is 12.8 Å². The second kappa shape index (κ2) is 8.47. The summed E-state index contributed by atoms with van der Waals surface area (Å²) >= 11 is 0. The molecule has 5 nitrogen and oxygen atoms in total. The molecule has 168 valence electrons. The Bertz CT molecular complexity index is 1020. The highest BCUT2D eigenvalue weighted by Gasteiger charge is 2.49. The van der Waals surface area contributed by atoms with Crippen molar-refractivity contribution in [3.05, 3.63) is 70.8 Å². The Kier molecular flexibility index (Phi) is 5.87. The number of rotatable bonds is 3. The van der Waals surface area contributed by atoms with Crippen molar-refractivity contribution in [3.63, 3.8) is 0 Å². The molecule has 4 rings (SSSR count). The van der Waals surface area contributed by atoms with Crippen molar-refractivity contribution < 1.29 is 27.8 Å². The van der Waals surface area contributed by atoms with Gasteiger partial charge in [0.05, 0.1) is 22.8 Å². The normalized spacial score (nSPS) is 25.2. The molecule has 0 spiro atoms. The Balaban J connectivity index is 1.56. The van der Waals surface area contributed by atoms with Gasteiger partial charge in [0.1, 0.15) is 6.61 Å². The van der Waals surface area contributed by atoms with E-state index in [1.54, 1.807) is 11.0 Å². The number of benzene rings is 2. The molecule has 2 aromatic rings.